The Morgan fingerprint density at radius 1 is 1.62 bits per heavy atom. The average Bonchev–Trinajstić information content (AvgIpc) is 1.86. The van der Waals surface area contributed by atoms with Crippen LogP contribution in [0.25, 0.3) is 0 Å². The third kappa shape index (κ3) is 0.703. The molecule has 1 rings (SSSR count). The van der Waals surface area contributed by atoms with Crippen LogP contribution in [0.4, 0.5) is 0 Å². The van der Waals surface area contributed by atoms with Crippen molar-refractivity contribution in [3.63, 3.8) is 0 Å². The van der Waals surface area contributed by atoms with Gasteiger partial charge in [0, 0.05) is 36.6 Å². The van der Waals surface area contributed by atoms with Gasteiger partial charge in [-0.25, -0.2) is 0 Å². The van der Waals surface area contributed by atoms with E-state index >= 15 is 0 Å². The van der Waals surface area contributed by atoms with Gasteiger partial charge in [0.25, 0.3) is 0 Å². The van der Waals surface area contributed by atoms with Crippen LogP contribution in [0.2, 0.25) is 0 Å². The Labute approximate surface area is 49.4 Å². The van der Waals surface area contributed by atoms with E-state index in [0.29, 0.717) is 0 Å². The summed E-state index contributed by atoms with van der Waals surface area (Å²) in [5.74, 6) is 0. The fraction of sp³-hybridized carbons (Fsp3) is 0.833. The third-order valence-corrected chi connectivity index (χ3v) is 1.65. The van der Waals surface area contributed by atoms with Crippen molar-refractivity contribution < 1.29 is 9.95 Å². The monoisotopic (exact) mass is 113 g/mol. The van der Waals surface area contributed by atoms with Gasteiger partial charge in [0.15, 0.2) is 6.21 Å². The Morgan fingerprint density at radius 3 is 2.38 bits per heavy atom. The molecule has 2 nitrogen and oxygen atoms in total. The van der Waals surface area contributed by atoms with Crippen LogP contribution in [-0.4, -0.2) is 16.5 Å². The minimum Gasteiger partial charge on any atom is 0.00483 e. The fourth-order valence-corrected chi connectivity index (χ4v) is 0.892. The summed E-state index contributed by atoms with van der Waals surface area (Å²) in [5.41, 5.74) is -0.125. The van der Waals surface area contributed by atoms with Gasteiger partial charge in [-0.05, 0) is 0 Å². The summed E-state index contributed by atoms with van der Waals surface area (Å²) in [5, 5.41) is 10.8. The molecule has 2 heteroatoms. The standard InChI is InChI=1S/C6H11NO/c1-6(2)4-3-5-7(6)8/h5H,3-4H2,1-2H3/q+1. The number of rotatable bonds is 0. The maximum Gasteiger partial charge on any atom is 0.211 e. The molecule has 0 N–H and O–H groups in total. The molecule has 8 heavy (non-hydrogen) atoms. The van der Waals surface area contributed by atoms with E-state index in [4.69, 9.17) is 0 Å². The molecule has 0 atom stereocenters. The first-order valence-electron chi connectivity index (χ1n) is 2.93. The molecule has 0 bridgehead atoms. The van der Waals surface area contributed by atoms with Crippen LogP contribution in [0.5, 0.6) is 0 Å². The van der Waals surface area contributed by atoms with Crippen molar-refractivity contribution >= 4 is 6.21 Å². The third-order valence-electron chi connectivity index (χ3n) is 1.65. The van der Waals surface area contributed by atoms with Crippen LogP contribution in [0.15, 0.2) is 0 Å². The van der Waals surface area contributed by atoms with Gasteiger partial charge in [-0.3, -0.25) is 0 Å². The van der Waals surface area contributed by atoms with Crippen LogP contribution in [0.1, 0.15) is 26.7 Å². The Morgan fingerprint density at radius 2 is 2.25 bits per heavy atom. The van der Waals surface area contributed by atoms with Crippen molar-refractivity contribution in [1.29, 1.82) is 0 Å². The van der Waals surface area contributed by atoms with Crippen LogP contribution in [0, 0.1) is 0 Å². The first-order chi connectivity index (χ1) is 3.63. The Kier molecular flexibility index (Phi) is 1.03. The molecule has 0 saturated carbocycles. The maximum absolute atomic E-state index is 10.8. The second kappa shape index (κ2) is 1.47. The van der Waals surface area contributed by atoms with Crippen LogP contribution in [-0.2, 0) is 5.21 Å². The van der Waals surface area contributed by atoms with E-state index in [2.05, 4.69) is 0 Å². The van der Waals surface area contributed by atoms with Crippen molar-refractivity contribution in [3.05, 3.63) is 0 Å². The van der Waals surface area contributed by atoms with Crippen molar-refractivity contribution in [2.45, 2.75) is 32.2 Å². The van der Waals surface area contributed by atoms with E-state index in [1.165, 1.54) is 0 Å². The van der Waals surface area contributed by atoms with Gasteiger partial charge < -0.3 is 0 Å². The highest BCUT2D eigenvalue weighted by Gasteiger charge is 2.37. The van der Waals surface area contributed by atoms with E-state index in [9.17, 15) is 5.21 Å². The lowest BCUT2D eigenvalue weighted by atomic mass is 10.0. The molecule has 0 unspecified atom stereocenters. The summed E-state index contributed by atoms with van der Waals surface area (Å²) >= 11 is 0. The van der Waals surface area contributed by atoms with Crippen molar-refractivity contribution in [1.82, 2.24) is 0 Å². The van der Waals surface area contributed by atoms with Crippen molar-refractivity contribution in [2.24, 2.45) is 0 Å². The van der Waals surface area contributed by atoms with E-state index < -0.39 is 0 Å². The van der Waals surface area contributed by atoms with Crippen molar-refractivity contribution in [3.8, 4) is 0 Å². The highest BCUT2D eigenvalue weighted by molar-refractivity contribution is 5.52. The first kappa shape index (κ1) is 5.60. The molecular formula is C6H11NO+. The van der Waals surface area contributed by atoms with Crippen LogP contribution >= 0.6 is 0 Å². The molecule has 0 saturated heterocycles. The second-order valence-electron chi connectivity index (χ2n) is 2.86. The molecule has 1 aliphatic rings. The van der Waals surface area contributed by atoms with Gasteiger partial charge in [0.2, 0.25) is 5.54 Å². The van der Waals surface area contributed by atoms with Gasteiger partial charge in [0.1, 0.15) is 0 Å². The normalized spacial score (nSPS) is 25.5. The SMILES string of the molecule is CC1(C)CCC=[N+]1[O]. The molecule has 0 aromatic carbocycles. The summed E-state index contributed by atoms with van der Waals surface area (Å²) < 4.78 is 1.05. The predicted octanol–water partition coefficient (Wildman–Crippen LogP) is 0.988. The summed E-state index contributed by atoms with van der Waals surface area (Å²) in [4.78, 5) is 0. The average molecular weight is 113 g/mol. The number of hydrogen-bond acceptors (Lipinski definition) is 0. The van der Waals surface area contributed by atoms with Gasteiger partial charge >= 0.3 is 0 Å². The van der Waals surface area contributed by atoms with Gasteiger partial charge in [-0.1, -0.05) is 0 Å². The molecule has 0 fully saturated rings. The number of nitrogens with zero attached hydrogens (tertiary/aromatic N) is 1. The number of hydroxylamine groups is 1. The van der Waals surface area contributed by atoms with Gasteiger partial charge in [0.05, 0.1) is 0 Å². The van der Waals surface area contributed by atoms with Crippen molar-refractivity contribution in [2.75, 3.05) is 0 Å². The maximum atomic E-state index is 10.8. The van der Waals surface area contributed by atoms with Crippen LogP contribution in [0.3, 0.4) is 0 Å². The molecule has 1 heterocycles. The quantitative estimate of drug-likeness (QED) is 0.418. The van der Waals surface area contributed by atoms with Crippen LogP contribution < -0.4 is 0 Å². The van der Waals surface area contributed by atoms with E-state index in [1.54, 1.807) is 6.21 Å². The van der Waals surface area contributed by atoms with E-state index in [0.717, 1.165) is 17.6 Å². The predicted molar refractivity (Wildman–Crippen MR) is 30.3 cm³/mol. The van der Waals surface area contributed by atoms with Gasteiger partial charge in [-0.2, -0.15) is 0 Å². The van der Waals surface area contributed by atoms with E-state index in [-0.39, 0.29) is 5.54 Å². The largest absolute Gasteiger partial charge is 0.211 e. The molecule has 0 amide bonds. The first-order valence-corrected chi connectivity index (χ1v) is 2.93. The lowest BCUT2D eigenvalue weighted by Crippen LogP contribution is -2.27. The summed E-state index contributed by atoms with van der Waals surface area (Å²) in [6, 6.07) is 0. The zero-order valence-corrected chi connectivity index (χ0v) is 5.35. The molecule has 0 aliphatic carbocycles. The zero-order valence-electron chi connectivity index (χ0n) is 5.35. The molecule has 45 valence electrons. The number of hydrogen-bond donors (Lipinski definition) is 0. The fourth-order valence-electron chi connectivity index (χ4n) is 0.892. The lowest BCUT2D eigenvalue weighted by Gasteiger charge is -2.04. The van der Waals surface area contributed by atoms with E-state index in [1.807, 2.05) is 13.8 Å². The Hall–Kier alpha value is -0.530. The smallest absolute Gasteiger partial charge is 0.00483 e. The summed E-state index contributed by atoms with van der Waals surface area (Å²) in [6.07, 6.45) is 3.65. The minimum atomic E-state index is -0.125. The highest BCUT2D eigenvalue weighted by Crippen LogP contribution is 2.18. The Bertz CT molecular complexity index is 126. The topological polar surface area (TPSA) is 22.9 Å². The molecule has 1 radical (unpaired) electrons. The molecular weight excluding hydrogens is 102 g/mol. The summed E-state index contributed by atoms with van der Waals surface area (Å²) in [7, 11) is 0. The molecule has 0 aromatic heterocycles. The molecule has 1 aliphatic heterocycles. The second-order valence-corrected chi connectivity index (χ2v) is 2.86. The lowest BCUT2D eigenvalue weighted by molar-refractivity contribution is -0.848. The summed E-state index contributed by atoms with van der Waals surface area (Å²) in [6.45, 7) is 3.92. The molecule has 0 aromatic rings. The van der Waals surface area contributed by atoms with Gasteiger partial charge in [-0.15, -0.1) is 0 Å². The molecule has 0 spiro atoms. The minimum absolute atomic E-state index is 0.125. The zero-order chi connectivity index (χ0) is 6.20. The Balaban J connectivity index is 2.73. The highest BCUT2D eigenvalue weighted by atomic mass is 16.5.